The van der Waals surface area contributed by atoms with E-state index in [2.05, 4.69) is 4.98 Å². The normalized spacial score (nSPS) is 10.7. The third-order valence-corrected chi connectivity index (χ3v) is 2.70. The van der Waals surface area contributed by atoms with Gasteiger partial charge in [-0.2, -0.15) is 0 Å². The van der Waals surface area contributed by atoms with Gasteiger partial charge in [0.1, 0.15) is 0 Å². The topological polar surface area (TPSA) is 75.4 Å². The molecule has 0 amide bonds. The summed E-state index contributed by atoms with van der Waals surface area (Å²) in [7, 11) is 1.76. The molecule has 0 aromatic carbocycles. The third-order valence-electron chi connectivity index (χ3n) is 2.70. The molecule has 0 atom stereocenters. The van der Waals surface area contributed by atoms with E-state index < -0.39 is 5.97 Å². The minimum absolute atomic E-state index is 0.0946. The van der Waals surface area contributed by atoms with Crippen LogP contribution in [0.15, 0.2) is 17.2 Å². The Labute approximate surface area is 112 Å². The number of hydrogen-bond acceptors (Lipinski definition) is 4. The Kier molecular flexibility index (Phi) is 5.54. The highest BCUT2D eigenvalue weighted by Crippen LogP contribution is 2.04. The van der Waals surface area contributed by atoms with Crippen LogP contribution < -0.4 is 10.5 Å². The summed E-state index contributed by atoms with van der Waals surface area (Å²) in [5.74, 6) is -0.0783. The van der Waals surface area contributed by atoms with Gasteiger partial charge in [0, 0.05) is 39.0 Å². The monoisotopic (exact) mass is 267 g/mol. The number of carboxylic acid groups (broad SMARTS) is 1. The highest BCUT2D eigenvalue weighted by atomic mass is 16.4. The molecule has 1 rings (SSSR count). The van der Waals surface area contributed by atoms with Crippen LogP contribution in [0.4, 0.5) is 5.82 Å². The first-order valence-electron chi connectivity index (χ1n) is 6.40. The van der Waals surface area contributed by atoms with Crippen LogP contribution in [-0.4, -0.2) is 34.2 Å². The van der Waals surface area contributed by atoms with Gasteiger partial charge in [-0.15, -0.1) is 0 Å². The molecule has 0 radical (unpaired) electrons. The Morgan fingerprint density at radius 2 is 2.21 bits per heavy atom. The third kappa shape index (κ3) is 4.73. The van der Waals surface area contributed by atoms with Gasteiger partial charge in [0.05, 0.1) is 0 Å². The molecule has 0 unspecified atom stereocenters. The molecular weight excluding hydrogens is 246 g/mol. The van der Waals surface area contributed by atoms with Gasteiger partial charge in [-0.3, -0.25) is 9.59 Å². The van der Waals surface area contributed by atoms with Crippen LogP contribution >= 0.6 is 0 Å². The van der Waals surface area contributed by atoms with Crippen LogP contribution in [0.1, 0.15) is 26.7 Å². The van der Waals surface area contributed by atoms with Gasteiger partial charge >= 0.3 is 5.97 Å². The van der Waals surface area contributed by atoms with Gasteiger partial charge in [0.15, 0.2) is 5.82 Å². The minimum atomic E-state index is -0.827. The maximum absolute atomic E-state index is 12.2. The zero-order valence-corrected chi connectivity index (χ0v) is 11.7. The quantitative estimate of drug-likeness (QED) is 0.803. The Hall–Kier alpha value is -1.85. The molecule has 106 valence electrons. The average molecular weight is 267 g/mol. The smallest absolute Gasteiger partial charge is 0.303 e. The van der Waals surface area contributed by atoms with Gasteiger partial charge in [0.2, 0.25) is 0 Å². The number of nitrogens with zero attached hydrogens (tertiary/aromatic N) is 3. The summed E-state index contributed by atoms with van der Waals surface area (Å²) in [4.78, 5) is 28.4. The highest BCUT2D eigenvalue weighted by molar-refractivity contribution is 5.66. The van der Waals surface area contributed by atoms with E-state index in [0.29, 0.717) is 31.2 Å². The van der Waals surface area contributed by atoms with E-state index >= 15 is 0 Å². The van der Waals surface area contributed by atoms with Gasteiger partial charge < -0.3 is 14.6 Å². The van der Waals surface area contributed by atoms with Crippen molar-refractivity contribution in [2.75, 3.05) is 18.5 Å². The van der Waals surface area contributed by atoms with Crippen LogP contribution in [0.5, 0.6) is 0 Å². The fourth-order valence-electron chi connectivity index (χ4n) is 1.81. The maximum atomic E-state index is 12.2. The fraction of sp³-hybridized carbons (Fsp3) is 0.615. The summed E-state index contributed by atoms with van der Waals surface area (Å²) < 4.78 is 1.64. The van der Waals surface area contributed by atoms with Crippen molar-refractivity contribution in [3.05, 3.63) is 22.7 Å². The summed E-state index contributed by atoms with van der Waals surface area (Å²) in [5, 5.41) is 8.59. The molecule has 19 heavy (non-hydrogen) atoms. The van der Waals surface area contributed by atoms with Crippen LogP contribution in [0, 0.1) is 5.92 Å². The minimum Gasteiger partial charge on any atom is -0.481 e. The van der Waals surface area contributed by atoms with Crippen LogP contribution in [0.25, 0.3) is 0 Å². The predicted molar refractivity (Wildman–Crippen MR) is 73.5 cm³/mol. The number of hydrogen-bond donors (Lipinski definition) is 1. The summed E-state index contributed by atoms with van der Waals surface area (Å²) >= 11 is 0. The Bertz CT molecular complexity index is 482. The highest BCUT2D eigenvalue weighted by Gasteiger charge is 2.11. The lowest BCUT2D eigenvalue weighted by atomic mass is 10.2. The molecule has 0 saturated carbocycles. The van der Waals surface area contributed by atoms with Gasteiger partial charge in [-0.05, 0) is 12.3 Å². The van der Waals surface area contributed by atoms with Crippen molar-refractivity contribution in [2.45, 2.75) is 33.2 Å². The molecular formula is C13H21N3O3. The molecule has 0 aliphatic heterocycles. The van der Waals surface area contributed by atoms with E-state index in [4.69, 9.17) is 5.11 Å². The van der Waals surface area contributed by atoms with E-state index in [1.54, 1.807) is 28.9 Å². The Morgan fingerprint density at radius 1 is 1.53 bits per heavy atom. The van der Waals surface area contributed by atoms with Crippen LogP contribution in [0.2, 0.25) is 0 Å². The average Bonchev–Trinajstić information content (AvgIpc) is 2.30. The molecule has 0 spiro atoms. The fourth-order valence-corrected chi connectivity index (χ4v) is 1.81. The first-order chi connectivity index (χ1) is 8.91. The van der Waals surface area contributed by atoms with E-state index in [-0.39, 0.29) is 12.0 Å². The SMILES string of the molecule is CC(C)Cn1ccnc(N(C)CCCC(=O)O)c1=O. The molecule has 0 aliphatic carbocycles. The largest absolute Gasteiger partial charge is 0.481 e. The first-order valence-corrected chi connectivity index (χ1v) is 6.40. The summed E-state index contributed by atoms with van der Waals surface area (Å²) in [5.41, 5.74) is -0.131. The van der Waals surface area contributed by atoms with Gasteiger partial charge in [-0.25, -0.2) is 4.98 Å². The van der Waals surface area contributed by atoms with Gasteiger partial charge in [0.25, 0.3) is 5.56 Å². The number of rotatable bonds is 7. The van der Waals surface area contributed by atoms with Crippen molar-refractivity contribution in [2.24, 2.45) is 5.92 Å². The summed E-state index contributed by atoms with van der Waals surface area (Å²) in [6, 6.07) is 0. The molecule has 6 heteroatoms. The van der Waals surface area contributed by atoms with Crippen LogP contribution in [-0.2, 0) is 11.3 Å². The van der Waals surface area contributed by atoms with Crippen molar-refractivity contribution in [1.29, 1.82) is 0 Å². The number of carbonyl (C=O) groups is 1. The van der Waals surface area contributed by atoms with Crippen molar-refractivity contribution < 1.29 is 9.90 Å². The number of aromatic nitrogens is 2. The van der Waals surface area contributed by atoms with E-state index in [9.17, 15) is 9.59 Å². The van der Waals surface area contributed by atoms with Crippen molar-refractivity contribution in [3.63, 3.8) is 0 Å². The van der Waals surface area contributed by atoms with E-state index in [0.717, 1.165) is 0 Å². The molecule has 0 aliphatic rings. The molecule has 0 fully saturated rings. The Balaban J connectivity index is 2.77. The lowest BCUT2D eigenvalue weighted by Gasteiger charge is -2.18. The van der Waals surface area contributed by atoms with E-state index in [1.165, 1.54) is 0 Å². The second kappa shape index (κ2) is 6.92. The number of anilines is 1. The second-order valence-corrected chi connectivity index (χ2v) is 5.02. The molecule has 1 heterocycles. The number of carboxylic acids is 1. The van der Waals surface area contributed by atoms with Crippen LogP contribution in [0.3, 0.4) is 0 Å². The predicted octanol–water partition coefficient (Wildman–Crippen LogP) is 1.20. The molecule has 1 aromatic heterocycles. The van der Waals surface area contributed by atoms with Gasteiger partial charge in [-0.1, -0.05) is 13.8 Å². The molecule has 0 bridgehead atoms. The lowest BCUT2D eigenvalue weighted by molar-refractivity contribution is -0.137. The Morgan fingerprint density at radius 3 is 2.79 bits per heavy atom. The molecule has 1 aromatic rings. The summed E-state index contributed by atoms with van der Waals surface area (Å²) in [6.07, 6.45) is 3.87. The standard InChI is InChI=1S/C13H21N3O3/c1-10(2)9-16-8-6-14-12(13(16)19)15(3)7-4-5-11(17)18/h6,8,10H,4-5,7,9H2,1-3H3,(H,17,18). The molecule has 6 nitrogen and oxygen atoms in total. The molecule has 1 N–H and O–H groups in total. The van der Waals surface area contributed by atoms with E-state index in [1.807, 2.05) is 13.8 Å². The summed E-state index contributed by atoms with van der Waals surface area (Å²) in [6.45, 7) is 5.24. The number of aliphatic carboxylic acids is 1. The zero-order chi connectivity index (χ0) is 14.4. The first kappa shape index (κ1) is 15.2. The van der Waals surface area contributed by atoms with Crippen molar-refractivity contribution in [1.82, 2.24) is 9.55 Å². The molecule has 0 saturated heterocycles. The zero-order valence-electron chi connectivity index (χ0n) is 11.7. The maximum Gasteiger partial charge on any atom is 0.303 e. The second-order valence-electron chi connectivity index (χ2n) is 5.02. The lowest BCUT2D eigenvalue weighted by Crippen LogP contribution is -2.32. The van der Waals surface area contributed by atoms with Crippen molar-refractivity contribution in [3.8, 4) is 0 Å². The van der Waals surface area contributed by atoms with Crippen molar-refractivity contribution >= 4 is 11.8 Å².